The fraction of sp³-hybridized carbons (Fsp3) is 0.389. The monoisotopic (exact) mass is 352 g/mol. The molecule has 8 heteroatoms. The summed E-state index contributed by atoms with van der Waals surface area (Å²) in [6, 6.07) is 1.77. The fourth-order valence-corrected chi connectivity index (χ4v) is 3.57. The van der Waals surface area contributed by atoms with Gasteiger partial charge in [-0.2, -0.15) is 0 Å². The van der Waals surface area contributed by atoms with Crippen LogP contribution < -0.4 is 0 Å². The Bertz CT molecular complexity index is 989. The zero-order chi connectivity index (χ0) is 18.3. The molecular weight excluding hydrogens is 332 g/mol. The van der Waals surface area contributed by atoms with E-state index in [1.807, 2.05) is 6.92 Å². The van der Waals surface area contributed by atoms with E-state index in [1.165, 1.54) is 0 Å². The molecule has 0 radical (unpaired) electrons. The van der Waals surface area contributed by atoms with Crippen molar-refractivity contribution < 1.29 is 9.59 Å². The minimum absolute atomic E-state index is 0.00784. The lowest BCUT2D eigenvalue weighted by atomic mass is 9.93. The number of hydrogen-bond acceptors (Lipinski definition) is 5. The van der Waals surface area contributed by atoms with E-state index in [0.29, 0.717) is 36.1 Å². The first-order chi connectivity index (χ1) is 12.6. The Kier molecular flexibility index (Phi) is 4.02. The van der Waals surface area contributed by atoms with Crippen LogP contribution in [0.25, 0.3) is 5.78 Å². The predicted molar refractivity (Wildman–Crippen MR) is 93.9 cm³/mol. The molecular formula is C18H20N6O2. The van der Waals surface area contributed by atoms with Gasteiger partial charge in [-0.25, -0.2) is 15.0 Å². The molecule has 0 unspecified atom stereocenters. The highest BCUT2D eigenvalue weighted by molar-refractivity contribution is 5.97. The Balaban J connectivity index is 1.59. The maximum absolute atomic E-state index is 13.1. The highest BCUT2D eigenvalue weighted by Gasteiger charge is 2.32. The second-order valence-corrected chi connectivity index (χ2v) is 6.65. The summed E-state index contributed by atoms with van der Waals surface area (Å²) >= 11 is 0. The number of nitrogens with zero attached hydrogens (tertiary/aromatic N) is 6. The van der Waals surface area contributed by atoms with Crippen molar-refractivity contribution in [1.82, 2.24) is 28.8 Å². The molecule has 1 aliphatic heterocycles. The third kappa shape index (κ3) is 2.67. The maximum Gasteiger partial charge on any atom is 0.272 e. The highest BCUT2D eigenvalue weighted by atomic mass is 16.2. The summed E-state index contributed by atoms with van der Waals surface area (Å²) in [7, 11) is 1.81. The van der Waals surface area contributed by atoms with E-state index in [9.17, 15) is 9.59 Å². The molecule has 0 spiro atoms. The van der Waals surface area contributed by atoms with Crippen molar-refractivity contribution in [3.05, 3.63) is 48.1 Å². The molecule has 3 aromatic rings. The van der Waals surface area contributed by atoms with Crippen LogP contribution in [0.15, 0.2) is 30.9 Å². The van der Waals surface area contributed by atoms with Gasteiger partial charge >= 0.3 is 0 Å². The average Bonchev–Trinajstić information content (AvgIpc) is 3.22. The first-order valence-corrected chi connectivity index (χ1v) is 8.66. The van der Waals surface area contributed by atoms with Gasteiger partial charge in [0.2, 0.25) is 11.6 Å². The van der Waals surface area contributed by atoms with Crippen LogP contribution in [0.2, 0.25) is 0 Å². The molecule has 0 N–H and O–H groups in total. The van der Waals surface area contributed by atoms with Crippen LogP contribution in [0.4, 0.5) is 0 Å². The lowest BCUT2D eigenvalue weighted by Gasteiger charge is -2.31. The Hall–Kier alpha value is -3.03. The molecule has 4 heterocycles. The highest BCUT2D eigenvalue weighted by Crippen LogP contribution is 2.23. The molecule has 8 nitrogen and oxygen atoms in total. The van der Waals surface area contributed by atoms with Crippen LogP contribution in [-0.4, -0.2) is 53.6 Å². The van der Waals surface area contributed by atoms with E-state index in [2.05, 4.69) is 15.0 Å². The van der Waals surface area contributed by atoms with Gasteiger partial charge in [0.25, 0.3) is 5.91 Å². The third-order valence-electron chi connectivity index (χ3n) is 4.90. The van der Waals surface area contributed by atoms with Gasteiger partial charge in [-0.1, -0.05) is 0 Å². The van der Waals surface area contributed by atoms with Crippen molar-refractivity contribution in [1.29, 1.82) is 0 Å². The van der Waals surface area contributed by atoms with E-state index in [0.717, 1.165) is 12.8 Å². The molecule has 4 rings (SSSR count). The number of aromatic nitrogens is 5. The Labute approximate surface area is 150 Å². The first-order valence-electron chi connectivity index (χ1n) is 8.66. The molecule has 26 heavy (non-hydrogen) atoms. The number of amides is 1. The van der Waals surface area contributed by atoms with Crippen LogP contribution in [0, 0.1) is 12.8 Å². The molecule has 0 aromatic carbocycles. The Morgan fingerprint density at radius 3 is 2.81 bits per heavy atom. The van der Waals surface area contributed by atoms with Gasteiger partial charge in [0, 0.05) is 50.8 Å². The largest absolute Gasteiger partial charge is 0.337 e. The average molecular weight is 352 g/mol. The second-order valence-electron chi connectivity index (χ2n) is 6.65. The van der Waals surface area contributed by atoms with Crippen LogP contribution in [0.3, 0.4) is 0 Å². The lowest BCUT2D eigenvalue weighted by molar-refractivity contribution is 0.0626. The molecule has 1 fully saturated rings. The molecule has 0 bridgehead atoms. The molecule has 0 saturated carbocycles. The number of piperidine rings is 1. The summed E-state index contributed by atoms with van der Waals surface area (Å²) in [5, 5.41) is 0. The zero-order valence-corrected chi connectivity index (χ0v) is 14.8. The number of rotatable bonds is 3. The fourth-order valence-electron chi connectivity index (χ4n) is 3.57. The number of ketones is 1. The SMILES string of the molecule is Cc1nc2ncccn2c1C(=O)N1CCC[C@@H](C(=O)c2nccn2C)C1. The number of Topliss-reactive ketones (excluding diaryl/α,β-unsaturated/α-hetero) is 1. The van der Waals surface area contributed by atoms with Crippen molar-refractivity contribution in [3.8, 4) is 0 Å². The van der Waals surface area contributed by atoms with Crippen molar-refractivity contribution in [2.24, 2.45) is 13.0 Å². The van der Waals surface area contributed by atoms with Crippen LogP contribution >= 0.6 is 0 Å². The molecule has 0 aliphatic carbocycles. The van der Waals surface area contributed by atoms with Gasteiger partial charge in [0.1, 0.15) is 5.69 Å². The Morgan fingerprint density at radius 1 is 1.19 bits per heavy atom. The number of fused-ring (bicyclic) bond motifs is 1. The zero-order valence-electron chi connectivity index (χ0n) is 14.8. The quantitative estimate of drug-likeness (QED) is 0.667. The number of hydrogen-bond donors (Lipinski definition) is 0. The van der Waals surface area contributed by atoms with E-state index >= 15 is 0 Å². The second kappa shape index (κ2) is 6.36. The van der Waals surface area contributed by atoms with Crippen LogP contribution in [-0.2, 0) is 7.05 Å². The minimum Gasteiger partial charge on any atom is -0.337 e. The van der Waals surface area contributed by atoms with Crippen molar-refractivity contribution in [3.63, 3.8) is 0 Å². The summed E-state index contributed by atoms with van der Waals surface area (Å²) in [5.41, 5.74) is 1.16. The van der Waals surface area contributed by atoms with Crippen molar-refractivity contribution in [2.75, 3.05) is 13.1 Å². The van der Waals surface area contributed by atoms with Crippen LogP contribution in [0.5, 0.6) is 0 Å². The molecule has 1 amide bonds. The van der Waals surface area contributed by atoms with E-state index in [1.54, 1.807) is 51.8 Å². The van der Waals surface area contributed by atoms with Gasteiger partial charge in [0.15, 0.2) is 5.82 Å². The van der Waals surface area contributed by atoms with Gasteiger partial charge in [-0.05, 0) is 25.8 Å². The van der Waals surface area contributed by atoms with E-state index in [4.69, 9.17) is 0 Å². The third-order valence-corrected chi connectivity index (χ3v) is 4.90. The number of carbonyl (C=O) groups is 2. The number of carbonyl (C=O) groups excluding carboxylic acids is 2. The molecule has 3 aromatic heterocycles. The smallest absolute Gasteiger partial charge is 0.272 e. The van der Waals surface area contributed by atoms with Gasteiger partial charge in [-0.3, -0.25) is 14.0 Å². The number of aryl methyl sites for hydroxylation is 2. The van der Waals surface area contributed by atoms with E-state index in [-0.39, 0.29) is 17.6 Å². The van der Waals surface area contributed by atoms with Gasteiger partial charge < -0.3 is 9.47 Å². The normalized spacial score (nSPS) is 17.6. The summed E-state index contributed by atoms with van der Waals surface area (Å²) in [6.07, 6.45) is 8.37. The van der Waals surface area contributed by atoms with Crippen molar-refractivity contribution in [2.45, 2.75) is 19.8 Å². The van der Waals surface area contributed by atoms with Gasteiger partial charge in [0.05, 0.1) is 5.69 Å². The lowest BCUT2D eigenvalue weighted by Crippen LogP contribution is -2.43. The van der Waals surface area contributed by atoms with Crippen molar-refractivity contribution >= 4 is 17.5 Å². The van der Waals surface area contributed by atoms with E-state index < -0.39 is 0 Å². The summed E-state index contributed by atoms with van der Waals surface area (Å²) < 4.78 is 3.44. The maximum atomic E-state index is 13.1. The molecule has 134 valence electrons. The molecule has 1 aliphatic rings. The number of likely N-dealkylation sites (tertiary alicyclic amines) is 1. The Morgan fingerprint density at radius 2 is 2.04 bits per heavy atom. The summed E-state index contributed by atoms with van der Waals surface area (Å²) in [5.74, 6) is 0.601. The minimum atomic E-state index is -0.230. The molecule has 1 saturated heterocycles. The molecule has 1 atom stereocenters. The topological polar surface area (TPSA) is 85.4 Å². The van der Waals surface area contributed by atoms with Gasteiger partial charge in [-0.15, -0.1) is 0 Å². The summed E-state index contributed by atoms with van der Waals surface area (Å²) in [6.45, 7) is 2.84. The number of imidazole rings is 2. The standard InChI is InChI=1S/C18H20N6O2/c1-12-14(24-9-4-6-20-18(24)21-12)17(26)23-8-3-5-13(11-23)15(25)16-19-7-10-22(16)2/h4,6-7,9-10,13H,3,5,8,11H2,1-2H3/t13-/m1/s1. The predicted octanol–water partition coefficient (Wildman–Crippen LogP) is 1.51. The first kappa shape index (κ1) is 16.4. The van der Waals surface area contributed by atoms with Crippen LogP contribution in [0.1, 0.15) is 39.6 Å². The summed E-state index contributed by atoms with van der Waals surface area (Å²) in [4.78, 5) is 40.3.